The highest BCUT2D eigenvalue weighted by Crippen LogP contribution is 2.42. The first kappa shape index (κ1) is 22.2. The van der Waals surface area contributed by atoms with Gasteiger partial charge in [-0.2, -0.15) is 0 Å². The molecular weight excluding hydrogens is 401 g/mol. The van der Waals surface area contributed by atoms with Gasteiger partial charge in [0.25, 0.3) is 0 Å². The molecule has 0 aliphatic heterocycles. The highest BCUT2D eigenvalue weighted by atomic mass is 35.5. The molecule has 0 N–H and O–H groups in total. The lowest BCUT2D eigenvalue weighted by Crippen LogP contribution is -2.20. The third-order valence-corrected chi connectivity index (χ3v) is 4.83. The lowest BCUT2D eigenvalue weighted by atomic mass is 9.79. The number of esters is 1. The number of carbonyl (C=O) groups is 1. The van der Waals surface area contributed by atoms with Crippen molar-refractivity contribution < 1.29 is 14.5 Å². The number of halogens is 2. The smallest absolute Gasteiger partial charge is 0.345 e. The number of rotatable bonds is 3. The third-order valence-electron chi connectivity index (χ3n) is 4.29. The topological polar surface area (TPSA) is 69.4 Å². The Balaban J connectivity index is 2.67. The Kier molecular flexibility index (Phi) is 6.12. The third kappa shape index (κ3) is 4.83. The van der Waals surface area contributed by atoms with Crippen LogP contribution in [0.15, 0.2) is 30.3 Å². The molecule has 0 spiro atoms. The molecular formula is C21H23Cl2NO4. The molecule has 0 fully saturated rings. The second-order valence-electron chi connectivity index (χ2n) is 8.64. The number of benzene rings is 2. The Hall–Kier alpha value is -2.11. The van der Waals surface area contributed by atoms with Crippen LogP contribution < -0.4 is 4.74 Å². The zero-order valence-electron chi connectivity index (χ0n) is 16.7. The summed E-state index contributed by atoms with van der Waals surface area (Å²) in [4.78, 5) is 24.0. The first-order chi connectivity index (χ1) is 12.7. The van der Waals surface area contributed by atoms with E-state index in [0.29, 0.717) is 10.6 Å². The fourth-order valence-electron chi connectivity index (χ4n) is 2.65. The number of carbonyl (C=O) groups excluding carboxylic acids is 1. The SMILES string of the molecule is CC(C)(C)c1cc([N+](=O)[O-])c(OC(=O)c2ccc(Cl)cc2Cl)c(C(C)(C)C)c1. The van der Waals surface area contributed by atoms with Gasteiger partial charge in [0.2, 0.25) is 5.75 Å². The van der Waals surface area contributed by atoms with Crippen LogP contribution in [0.2, 0.25) is 10.0 Å². The van der Waals surface area contributed by atoms with E-state index >= 15 is 0 Å². The van der Waals surface area contributed by atoms with Gasteiger partial charge in [-0.1, -0.05) is 70.8 Å². The molecule has 0 amide bonds. The second-order valence-corrected chi connectivity index (χ2v) is 9.49. The molecule has 2 aromatic rings. The zero-order valence-corrected chi connectivity index (χ0v) is 18.2. The number of ether oxygens (including phenoxy) is 1. The van der Waals surface area contributed by atoms with Crippen LogP contribution in [0.3, 0.4) is 0 Å². The van der Waals surface area contributed by atoms with E-state index < -0.39 is 16.3 Å². The highest BCUT2D eigenvalue weighted by molar-refractivity contribution is 6.36. The number of hydrogen-bond donors (Lipinski definition) is 0. The minimum absolute atomic E-state index is 0.0680. The van der Waals surface area contributed by atoms with Gasteiger partial charge in [0.05, 0.1) is 15.5 Å². The van der Waals surface area contributed by atoms with Gasteiger partial charge in [-0.05, 0) is 34.6 Å². The summed E-state index contributed by atoms with van der Waals surface area (Å²) in [7, 11) is 0. The number of hydrogen-bond acceptors (Lipinski definition) is 4. The highest BCUT2D eigenvalue weighted by Gasteiger charge is 2.32. The summed E-state index contributed by atoms with van der Waals surface area (Å²) in [6, 6.07) is 7.67. The fourth-order valence-corrected chi connectivity index (χ4v) is 3.13. The summed E-state index contributed by atoms with van der Waals surface area (Å²) < 4.78 is 5.53. The molecule has 0 aliphatic carbocycles. The minimum Gasteiger partial charge on any atom is -0.415 e. The van der Waals surface area contributed by atoms with Crippen molar-refractivity contribution >= 4 is 34.9 Å². The van der Waals surface area contributed by atoms with Crippen LogP contribution in [-0.2, 0) is 10.8 Å². The number of nitro benzene ring substituents is 1. The first-order valence-corrected chi connectivity index (χ1v) is 9.48. The molecule has 0 radical (unpaired) electrons. The Labute approximate surface area is 174 Å². The number of nitrogens with zero attached hydrogens (tertiary/aromatic N) is 1. The molecule has 0 aromatic heterocycles. The van der Waals surface area contributed by atoms with E-state index in [1.54, 1.807) is 0 Å². The lowest BCUT2D eigenvalue weighted by molar-refractivity contribution is -0.385. The number of nitro groups is 1. The van der Waals surface area contributed by atoms with Crippen LogP contribution in [0.25, 0.3) is 0 Å². The van der Waals surface area contributed by atoms with E-state index in [2.05, 4.69) is 0 Å². The predicted molar refractivity (Wildman–Crippen MR) is 112 cm³/mol. The van der Waals surface area contributed by atoms with E-state index in [-0.39, 0.29) is 27.4 Å². The molecule has 7 heteroatoms. The van der Waals surface area contributed by atoms with Gasteiger partial charge in [-0.15, -0.1) is 0 Å². The quantitative estimate of drug-likeness (QED) is 0.237. The van der Waals surface area contributed by atoms with E-state index in [9.17, 15) is 14.9 Å². The molecule has 5 nitrogen and oxygen atoms in total. The van der Waals surface area contributed by atoms with E-state index in [4.69, 9.17) is 27.9 Å². The van der Waals surface area contributed by atoms with Crippen LogP contribution in [0.4, 0.5) is 5.69 Å². The molecule has 150 valence electrons. The van der Waals surface area contributed by atoms with Gasteiger partial charge in [0, 0.05) is 16.7 Å². The van der Waals surface area contributed by atoms with E-state index in [0.717, 1.165) is 5.56 Å². The molecule has 2 aromatic carbocycles. The summed E-state index contributed by atoms with van der Waals surface area (Å²) in [5.41, 5.74) is 0.382. The van der Waals surface area contributed by atoms with E-state index in [1.807, 2.05) is 47.6 Å². The molecule has 0 saturated heterocycles. The van der Waals surface area contributed by atoms with Crippen molar-refractivity contribution in [3.8, 4) is 5.75 Å². The van der Waals surface area contributed by atoms with Crippen molar-refractivity contribution in [3.63, 3.8) is 0 Å². The van der Waals surface area contributed by atoms with Crippen LogP contribution in [0.1, 0.15) is 63.0 Å². The van der Waals surface area contributed by atoms with Crippen molar-refractivity contribution in [1.82, 2.24) is 0 Å². The first-order valence-electron chi connectivity index (χ1n) is 8.72. The summed E-state index contributed by atoms with van der Waals surface area (Å²) >= 11 is 12.0. The Morgan fingerprint density at radius 2 is 1.61 bits per heavy atom. The predicted octanol–water partition coefficient (Wildman–Crippen LogP) is 6.72. The summed E-state index contributed by atoms with van der Waals surface area (Å²) in [5, 5.41) is 12.3. The van der Waals surface area contributed by atoms with Gasteiger partial charge >= 0.3 is 11.7 Å². The van der Waals surface area contributed by atoms with Crippen LogP contribution in [0, 0.1) is 10.1 Å². The van der Waals surface area contributed by atoms with Gasteiger partial charge in [-0.3, -0.25) is 10.1 Å². The molecule has 0 heterocycles. The molecule has 2 rings (SSSR count). The van der Waals surface area contributed by atoms with Crippen LogP contribution in [0.5, 0.6) is 5.75 Å². The molecule has 0 bridgehead atoms. The van der Waals surface area contributed by atoms with Gasteiger partial charge in [-0.25, -0.2) is 4.79 Å². The van der Waals surface area contributed by atoms with Gasteiger partial charge in [0.15, 0.2) is 0 Å². The molecule has 0 atom stereocenters. The van der Waals surface area contributed by atoms with Crippen molar-refractivity contribution in [2.24, 2.45) is 0 Å². The van der Waals surface area contributed by atoms with Crippen molar-refractivity contribution in [2.45, 2.75) is 52.4 Å². The monoisotopic (exact) mass is 423 g/mol. The zero-order chi connectivity index (χ0) is 21.4. The summed E-state index contributed by atoms with van der Waals surface area (Å²) in [6.45, 7) is 11.6. The van der Waals surface area contributed by atoms with Crippen molar-refractivity contribution in [1.29, 1.82) is 0 Å². The van der Waals surface area contributed by atoms with Crippen molar-refractivity contribution in [3.05, 3.63) is 67.2 Å². The molecule has 0 aliphatic rings. The maximum atomic E-state index is 12.7. The van der Waals surface area contributed by atoms with Gasteiger partial charge in [0.1, 0.15) is 0 Å². The standard InChI is InChI=1S/C21H23Cl2NO4/c1-20(2,3)12-9-15(21(4,5)6)18(17(10-12)24(26)27)28-19(25)14-8-7-13(22)11-16(14)23/h7-11H,1-6H3. The average molecular weight is 424 g/mol. The summed E-state index contributed by atoms with van der Waals surface area (Å²) in [6.07, 6.45) is 0. The Morgan fingerprint density at radius 1 is 1.00 bits per heavy atom. The normalized spacial score (nSPS) is 12.0. The minimum atomic E-state index is -0.779. The fraction of sp³-hybridized carbons (Fsp3) is 0.381. The second kappa shape index (κ2) is 7.72. The maximum absolute atomic E-state index is 12.7. The summed E-state index contributed by atoms with van der Waals surface area (Å²) in [5.74, 6) is -0.847. The Bertz CT molecular complexity index is 941. The lowest BCUT2D eigenvalue weighted by Gasteiger charge is -2.26. The van der Waals surface area contributed by atoms with Crippen LogP contribution in [-0.4, -0.2) is 10.9 Å². The van der Waals surface area contributed by atoms with Crippen LogP contribution >= 0.6 is 23.2 Å². The largest absolute Gasteiger partial charge is 0.415 e. The maximum Gasteiger partial charge on any atom is 0.345 e. The Morgan fingerprint density at radius 3 is 2.07 bits per heavy atom. The van der Waals surface area contributed by atoms with Gasteiger partial charge < -0.3 is 4.74 Å². The molecule has 0 unspecified atom stereocenters. The molecule has 0 saturated carbocycles. The average Bonchev–Trinajstić information content (AvgIpc) is 2.52. The molecule has 28 heavy (non-hydrogen) atoms. The van der Waals surface area contributed by atoms with Crippen molar-refractivity contribution in [2.75, 3.05) is 0 Å². The van der Waals surface area contributed by atoms with E-state index in [1.165, 1.54) is 24.3 Å².